The van der Waals surface area contributed by atoms with Gasteiger partial charge in [-0.1, -0.05) is 12.1 Å². The number of guanidine groups is 1. The second kappa shape index (κ2) is 14.9. The Bertz CT molecular complexity index is 995. The number of carbonyl (C=O) groups excluding carboxylic acids is 4. The maximum Gasteiger partial charge on any atom is 0.325 e. The lowest BCUT2D eigenvalue weighted by atomic mass is 10.0. The van der Waals surface area contributed by atoms with Gasteiger partial charge in [-0.25, -0.2) is 0 Å². The fraction of sp³-hybridized carbons (Fsp3) is 0.455. The van der Waals surface area contributed by atoms with Gasteiger partial charge in [0, 0.05) is 13.0 Å². The fourth-order valence-electron chi connectivity index (χ4n) is 3.09. The predicted molar refractivity (Wildman–Crippen MR) is 133 cm³/mol. The van der Waals surface area contributed by atoms with E-state index in [1.165, 1.54) is 31.2 Å². The molecule has 0 bridgehead atoms. The third-order valence-corrected chi connectivity index (χ3v) is 5.07. The first kappa shape index (κ1) is 30.6. The van der Waals surface area contributed by atoms with Crippen LogP contribution in [0, 0.1) is 0 Å². The maximum atomic E-state index is 13.2. The number of benzene rings is 1. The Balaban J connectivity index is 3.12. The van der Waals surface area contributed by atoms with Gasteiger partial charge in [0.05, 0.1) is 12.5 Å². The van der Waals surface area contributed by atoms with Crippen molar-refractivity contribution in [2.75, 3.05) is 6.54 Å². The summed E-state index contributed by atoms with van der Waals surface area (Å²) in [6.45, 7) is 1.40. The molecule has 0 aliphatic carbocycles. The third kappa shape index (κ3) is 11.7. The van der Waals surface area contributed by atoms with Gasteiger partial charge >= 0.3 is 5.97 Å². The van der Waals surface area contributed by atoms with Crippen molar-refractivity contribution in [3.8, 4) is 5.75 Å². The van der Waals surface area contributed by atoms with E-state index in [4.69, 9.17) is 28.0 Å². The van der Waals surface area contributed by atoms with E-state index < -0.39 is 60.2 Å². The van der Waals surface area contributed by atoms with Crippen molar-refractivity contribution in [1.82, 2.24) is 16.0 Å². The number of aliphatic carboxylic acids is 1. The van der Waals surface area contributed by atoms with E-state index in [9.17, 15) is 29.1 Å². The molecule has 4 atom stereocenters. The summed E-state index contributed by atoms with van der Waals surface area (Å²) in [4.78, 5) is 64.5. The summed E-state index contributed by atoms with van der Waals surface area (Å²) in [5, 5.41) is 25.9. The number of aromatic hydroxyl groups is 1. The molecule has 15 heteroatoms. The highest BCUT2D eigenvalue weighted by atomic mass is 16.4. The third-order valence-electron chi connectivity index (χ3n) is 5.07. The van der Waals surface area contributed by atoms with Gasteiger partial charge in [-0.2, -0.15) is 0 Å². The number of amides is 4. The van der Waals surface area contributed by atoms with Gasteiger partial charge in [0.1, 0.15) is 23.9 Å². The van der Waals surface area contributed by atoms with Crippen LogP contribution in [0.15, 0.2) is 29.3 Å². The van der Waals surface area contributed by atoms with Crippen molar-refractivity contribution < 1.29 is 34.2 Å². The van der Waals surface area contributed by atoms with Crippen molar-refractivity contribution in [2.24, 2.45) is 27.9 Å². The molecule has 37 heavy (non-hydrogen) atoms. The molecule has 13 N–H and O–H groups in total. The number of phenolic OH excluding ortho intramolecular Hbond substituents is 1. The normalized spacial score (nSPS) is 13.8. The Morgan fingerprint density at radius 2 is 1.49 bits per heavy atom. The van der Waals surface area contributed by atoms with Gasteiger partial charge in [-0.05, 0) is 37.5 Å². The Morgan fingerprint density at radius 1 is 0.919 bits per heavy atom. The standard InChI is InChI=1S/C22H34N8O7/c1-11(21(36)37)28-19(34)15(3-2-8-27-22(25)26)29-20(35)16(9-12-4-6-13(31)7-5-12)30-18(33)14(23)10-17(24)32/h4-7,11,14-16,31H,2-3,8-10,23H2,1H3,(H2,24,32)(H,28,34)(H,29,35)(H,30,33)(H,36,37)(H4,25,26,27). The number of hydrogen-bond donors (Lipinski definition) is 9. The molecule has 0 aromatic heterocycles. The van der Waals surface area contributed by atoms with Crippen molar-refractivity contribution in [1.29, 1.82) is 0 Å². The Kier molecular flexibility index (Phi) is 12.3. The Morgan fingerprint density at radius 3 is 2.03 bits per heavy atom. The highest BCUT2D eigenvalue weighted by molar-refractivity contribution is 5.95. The number of carboxylic acids is 1. The topological polar surface area (TPSA) is 278 Å². The minimum absolute atomic E-state index is 0.0117. The molecule has 0 aliphatic rings. The second-order valence-corrected chi connectivity index (χ2v) is 8.29. The van der Waals surface area contributed by atoms with Crippen LogP contribution in [0.3, 0.4) is 0 Å². The van der Waals surface area contributed by atoms with Crippen LogP contribution in [0.2, 0.25) is 0 Å². The van der Waals surface area contributed by atoms with Crippen molar-refractivity contribution >= 4 is 35.6 Å². The van der Waals surface area contributed by atoms with Crippen LogP contribution >= 0.6 is 0 Å². The number of primary amides is 1. The summed E-state index contributed by atoms with van der Waals surface area (Å²) in [7, 11) is 0. The van der Waals surface area contributed by atoms with Gasteiger partial charge in [-0.3, -0.25) is 29.0 Å². The Labute approximate surface area is 213 Å². The van der Waals surface area contributed by atoms with Crippen molar-refractivity contribution in [3.63, 3.8) is 0 Å². The van der Waals surface area contributed by atoms with E-state index in [2.05, 4.69) is 20.9 Å². The summed E-state index contributed by atoms with van der Waals surface area (Å²) in [6.07, 6.45) is -0.213. The number of hydrogen-bond acceptors (Lipinski definition) is 8. The number of nitrogens with one attached hydrogen (secondary N) is 3. The summed E-state index contributed by atoms with van der Waals surface area (Å²) in [6, 6.07) is 0.837. The smallest absolute Gasteiger partial charge is 0.325 e. The molecule has 204 valence electrons. The van der Waals surface area contributed by atoms with Crippen molar-refractivity contribution in [2.45, 2.75) is 56.8 Å². The van der Waals surface area contributed by atoms with E-state index in [-0.39, 0.29) is 37.5 Å². The molecule has 0 fully saturated rings. The van der Waals surface area contributed by atoms with Gasteiger partial charge in [-0.15, -0.1) is 0 Å². The highest BCUT2D eigenvalue weighted by Gasteiger charge is 2.29. The van der Waals surface area contributed by atoms with Crippen LogP contribution in [-0.4, -0.2) is 76.5 Å². The second-order valence-electron chi connectivity index (χ2n) is 8.29. The van der Waals surface area contributed by atoms with Gasteiger partial charge < -0.3 is 49.1 Å². The monoisotopic (exact) mass is 522 g/mol. The zero-order valence-electron chi connectivity index (χ0n) is 20.3. The first-order valence-corrected chi connectivity index (χ1v) is 11.3. The summed E-state index contributed by atoms with van der Waals surface area (Å²) in [5.41, 5.74) is 21.9. The van der Waals surface area contributed by atoms with Crippen LogP contribution in [0.4, 0.5) is 0 Å². The summed E-state index contributed by atoms with van der Waals surface area (Å²) < 4.78 is 0. The summed E-state index contributed by atoms with van der Waals surface area (Å²) >= 11 is 0. The number of nitrogens with two attached hydrogens (primary N) is 4. The lowest BCUT2D eigenvalue weighted by Crippen LogP contribution is -2.57. The molecule has 0 spiro atoms. The molecule has 4 unspecified atom stereocenters. The molecule has 4 amide bonds. The molecule has 0 saturated carbocycles. The maximum absolute atomic E-state index is 13.2. The predicted octanol–water partition coefficient (Wildman–Crippen LogP) is -3.25. The van der Waals surface area contributed by atoms with Gasteiger partial charge in [0.2, 0.25) is 23.6 Å². The zero-order valence-corrected chi connectivity index (χ0v) is 20.3. The van der Waals surface area contributed by atoms with Crippen LogP contribution in [-0.2, 0) is 30.4 Å². The number of phenols is 1. The van der Waals surface area contributed by atoms with E-state index in [0.717, 1.165) is 0 Å². The SMILES string of the molecule is CC(NC(=O)C(CCCN=C(N)N)NC(=O)C(Cc1ccc(O)cc1)NC(=O)C(N)CC(N)=O)C(=O)O. The Hall–Kier alpha value is -4.40. The molecule has 1 aromatic rings. The lowest BCUT2D eigenvalue weighted by Gasteiger charge is -2.25. The van der Waals surface area contributed by atoms with Crippen LogP contribution < -0.4 is 38.9 Å². The lowest BCUT2D eigenvalue weighted by molar-refractivity contribution is -0.141. The number of nitrogens with zero attached hydrogens (tertiary/aromatic N) is 1. The minimum Gasteiger partial charge on any atom is -0.508 e. The van der Waals surface area contributed by atoms with Crippen LogP contribution in [0.1, 0.15) is 31.7 Å². The van der Waals surface area contributed by atoms with Crippen LogP contribution in [0.25, 0.3) is 0 Å². The van der Waals surface area contributed by atoms with E-state index in [1.807, 2.05) is 0 Å². The van der Waals surface area contributed by atoms with Gasteiger partial charge in [0.25, 0.3) is 0 Å². The largest absolute Gasteiger partial charge is 0.508 e. The molecule has 0 saturated heterocycles. The molecule has 1 aromatic carbocycles. The summed E-state index contributed by atoms with van der Waals surface area (Å²) in [5.74, 6) is -4.64. The van der Waals surface area contributed by atoms with E-state index >= 15 is 0 Å². The first-order chi connectivity index (χ1) is 17.3. The molecular formula is C22H34N8O7. The molecule has 15 nitrogen and oxygen atoms in total. The number of carbonyl (C=O) groups is 5. The number of carboxylic acid groups (broad SMARTS) is 1. The molecule has 0 heterocycles. The molecule has 1 rings (SSSR count). The molecular weight excluding hydrogens is 488 g/mol. The average Bonchev–Trinajstić information content (AvgIpc) is 2.80. The molecule has 0 aliphatic heterocycles. The van der Waals surface area contributed by atoms with Crippen molar-refractivity contribution in [3.05, 3.63) is 29.8 Å². The quantitative estimate of drug-likeness (QED) is 0.0630. The van der Waals surface area contributed by atoms with E-state index in [1.54, 1.807) is 0 Å². The van der Waals surface area contributed by atoms with Gasteiger partial charge in [0.15, 0.2) is 5.96 Å². The first-order valence-electron chi connectivity index (χ1n) is 11.3. The zero-order chi connectivity index (χ0) is 28.1. The average molecular weight is 523 g/mol. The number of aliphatic imine (C=N–C) groups is 1. The highest BCUT2D eigenvalue weighted by Crippen LogP contribution is 2.12. The fourth-order valence-corrected chi connectivity index (χ4v) is 3.09. The van der Waals surface area contributed by atoms with Crippen LogP contribution in [0.5, 0.6) is 5.75 Å². The minimum atomic E-state index is -1.32. The number of rotatable bonds is 15. The molecule has 0 radical (unpaired) electrons. The van der Waals surface area contributed by atoms with E-state index in [0.29, 0.717) is 5.56 Å².